The molecule has 66 valence electrons. The molecule has 0 aliphatic heterocycles. The van der Waals surface area contributed by atoms with Gasteiger partial charge in [-0.1, -0.05) is 30.3 Å². The molecule has 0 aliphatic rings. The molecule has 0 aliphatic carbocycles. The van der Waals surface area contributed by atoms with Gasteiger partial charge in [0.1, 0.15) is 0 Å². The van der Waals surface area contributed by atoms with Crippen molar-refractivity contribution in [1.29, 1.82) is 0 Å². The van der Waals surface area contributed by atoms with Crippen LogP contribution in [0.5, 0.6) is 0 Å². The summed E-state index contributed by atoms with van der Waals surface area (Å²) in [6.45, 7) is 2.69. The third-order valence-electron chi connectivity index (χ3n) is 1.47. The van der Waals surface area contributed by atoms with Crippen molar-refractivity contribution >= 4 is 0 Å². The molecule has 0 saturated carbocycles. The average Bonchev–Trinajstić information content (AvgIpc) is 2.05. The van der Waals surface area contributed by atoms with Gasteiger partial charge in [-0.05, 0) is 12.5 Å². The lowest BCUT2D eigenvalue weighted by atomic mass is 10.2. The Hall–Kier alpha value is -0.860. The molecule has 1 rings (SSSR count). The van der Waals surface area contributed by atoms with E-state index in [1.165, 1.54) is 0 Å². The molecular formula is C10H14O2. The fraction of sp³-hybridized carbons (Fsp3) is 0.400. The van der Waals surface area contributed by atoms with Crippen LogP contribution >= 0.6 is 0 Å². The number of rotatable bonds is 4. The molecular weight excluding hydrogens is 152 g/mol. The standard InChI is InChI=1S/C10H14O2/c1-9(11)7-12-8-10-5-3-2-4-6-10/h2-6,9,11H,7-8H2,1H3/t9-/m0/s1. The van der Waals surface area contributed by atoms with E-state index < -0.39 is 0 Å². The van der Waals surface area contributed by atoms with Crippen molar-refractivity contribution < 1.29 is 9.84 Å². The van der Waals surface area contributed by atoms with Crippen molar-refractivity contribution in [3.8, 4) is 0 Å². The Kier molecular flexibility index (Phi) is 3.77. The van der Waals surface area contributed by atoms with Gasteiger partial charge < -0.3 is 9.84 Å². The lowest BCUT2D eigenvalue weighted by molar-refractivity contribution is 0.0376. The van der Waals surface area contributed by atoms with Gasteiger partial charge in [0.2, 0.25) is 0 Å². The van der Waals surface area contributed by atoms with Gasteiger partial charge in [-0.25, -0.2) is 0 Å². The predicted octanol–water partition coefficient (Wildman–Crippen LogP) is 1.58. The van der Waals surface area contributed by atoms with Crippen molar-refractivity contribution in [1.82, 2.24) is 0 Å². The van der Waals surface area contributed by atoms with E-state index in [1.54, 1.807) is 6.92 Å². The molecule has 0 heterocycles. The topological polar surface area (TPSA) is 29.5 Å². The van der Waals surface area contributed by atoms with Gasteiger partial charge in [0.25, 0.3) is 0 Å². The van der Waals surface area contributed by atoms with Gasteiger partial charge in [0, 0.05) is 0 Å². The second kappa shape index (κ2) is 4.91. The molecule has 0 radical (unpaired) electrons. The highest BCUT2D eigenvalue weighted by Crippen LogP contribution is 2.00. The minimum absolute atomic E-state index is 0.381. The Labute approximate surface area is 72.8 Å². The summed E-state index contributed by atoms with van der Waals surface area (Å²) in [4.78, 5) is 0. The number of hydrogen-bond donors (Lipinski definition) is 1. The zero-order valence-electron chi connectivity index (χ0n) is 7.23. The van der Waals surface area contributed by atoms with Gasteiger partial charge in [0.15, 0.2) is 0 Å². The van der Waals surface area contributed by atoms with Crippen LogP contribution in [0, 0.1) is 0 Å². The van der Waals surface area contributed by atoms with Crippen molar-refractivity contribution in [2.24, 2.45) is 0 Å². The molecule has 0 fully saturated rings. The smallest absolute Gasteiger partial charge is 0.0745 e. The first kappa shape index (κ1) is 9.23. The molecule has 12 heavy (non-hydrogen) atoms. The molecule has 1 aromatic rings. The highest BCUT2D eigenvalue weighted by atomic mass is 16.5. The van der Waals surface area contributed by atoms with Gasteiger partial charge in [-0.3, -0.25) is 0 Å². The maximum absolute atomic E-state index is 8.91. The highest BCUT2D eigenvalue weighted by Gasteiger charge is 1.95. The quantitative estimate of drug-likeness (QED) is 0.736. The number of hydrogen-bond acceptors (Lipinski definition) is 2. The average molecular weight is 166 g/mol. The minimum Gasteiger partial charge on any atom is -0.391 e. The lowest BCUT2D eigenvalue weighted by Gasteiger charge is -2.05. The van der Waals surface area contributed by atoms with Crippen molar-refractivity contribution in [3.63, 3.8) is 0 Å². The Morgan fingerprint density at radius 3 is 2.58 bits per heavy atom. The summed E-state index contributed by atoms with van der Waals surface area (Å²) in [5.74, 6) is 0. The summed E-state index contributed by atoms with van der Waals surface area (Å²) < 4.78 is 5.23. The summed E-state index contributed by atoms with van der Waals surface area (Å²) in [7, 11) is 0. The van der Waals surface area contributed by atoms with E-state index in [0.29, 0.717) is 13.2 Å². The molecule has 0 saturated heterocycles. The summed E-state index contributed by atoms with van der Waals surface area (Å²) in [6.07, 6.45) is -0.381. The highest BCUT2D eigenvalue weighted by molar-refractivity contribution is 5.13. The maximum atomic E-state index is 8.91. The normalized spacial score (nSPS) is 12.8. The second-order valence-corrected chi connectivity index (χ2v) is 2.85. The van der Waals surface area contributed by atoms with Crippen molar-refractivity contribution in [2.45, 2.75) is 19.6 Å². The van der Waals surface area contributed by atoms with Gasteiger partial charge in [0.05, 0.1) is 19.3 Å². The predicted molar refractivity (Wildman–Crippen MR) is 47.8 cm³/mol. The van der Waals surface area contributed by atoms with Crippen LogP contribution in [-0.2, 0) is 11.3 Å². The Balaban J connectivity index is 2.25. The second-order valence-electron chi connectivity index (χ2n) is 2.85. The van der Waals surface area contributed by atoms with Gasteiger partial charge in [-0.2, -0.15) is 0 Å². The van der Waals surface area contributed by atoms with Crippen LogP contribution in [-0.4, -0.2) is 17.8 Å². The van der Waals surface area contributed by atoms with E-state index in [2.05, 4.69) is 0 Å². The van der Waals surface area contributed by atoms with E-state index in [-0.39, 0.29) is 6.10 Å². The van der Waals surface area contributed by atoms with E-state index in [1.807, 2.05) is 30.3 Å². The van der Waals surface area contributed by atoms with Crippen LogP contribution in [0.3, 0.4) is 0 Å². The zero-order chi connectivity index (χ0) is 8.81. The molecule has 0 spiro atoms. The SMILES string of the molecule is C[C@H](O)COCc1ccccc1. The van der Waals surface area contributed by atoms with Crippen LogP contribution in [0.2, 0.25) is 0 Å². The third-order valence-corrected chi connectivity index (χ3v) is 1.47. The van der Waals surface area contributed by atoms with Crippen LogP contribution < -0.4 is 0 Å². The molecule has 2 nitrogen and oxygen atoms in total. The molecule has 1 aromatic carbocycles. The van der Waals surface area contributed by atoms with Gasteiger partial charge >= 0.3 is 0 Å². The summed E-state index contributed by atoms with van der Waals surface area (Å²) in [5.41, 5.74) is 1.14. The Morgan fingerprint density at radius 1 is 1.33 bits per heavy atom. The molecule has 0 aromatic heterocycles. The first-order valence-electron chi connectivity index (χ1n) is 4.09. The first-order valence-corrected chi connectivity index (χ1v) is 4.09. The fourth-order valence-corrected chi connectivity index (χ4v) is 0.922. The summed E-state index contributed by atoms with van der Waals surface area (Å²) in [6, 6.07) is 9.92. The zero-order valence-corrected chi connectivity index (χ0v) is 7.23. The molecule has 0 amide bonds. The summed E-state index contributed by atoms with van der Waals surface area (Å²) >= 11 is 0. The molecule has 1 atom stereocenters. The number of aliphatic hydroxyl groups is 1. The van der Waals surface area contributed by atoms with E-state index >= 15 is 0 Å². The molecule has 0 bridgehead atoms. The van der Waals surface area contributed by atoms with E-state index in [4.69, 9.17) is 9.84 Å². The van der Waals surface area contributed by atoms with Crippen molar-refractivity contribution in [3.05, 3.63) is 35.9 Å². The van der Waals surface area contributed by atoms with Gasteiger partial charge in [-0.15, -0.1) is 0 Å². The van der Waals surface area contributed by atoms with Crippen LogP contribution in [0.15, 0.2) is 30.3 Å². The lowest BCUT2D eigenvalue weighted by Crippen LogP contribution is -2.09. The van der Waals surface area contributed by atoms with Crippen LogP contribution in [0.25, 0.3) is 0 Å². The van der Waals surface area contributed by atoms with Crippen LogP contribution in [0.4, 0.5) is 0 Å². The number of ether oxygens (including phenoxy) is 1. The number of benzene rings is 1. The Morgan fingerprint density at radius 2 is 2.00 bits per heavy atom. The van der Waals surface area contributed by atoms with E-state index in [9.17, 15) is 0 Å². The van der Waals surface area contributed by atoms with Crippen molar-refractivity contribution in [2.75, 3.05) is 6.61 Å². The first-order chi connectivity index (χ1) is 5.79. The van der Waals surface area contributed by atoms with E-state index in [0.717, 1.165) is 5.56 Å². The minimum atomic E-state index is -0.381. The largest absolute Gasteiger partial charge is 0.391 e. The van der Waals surface area contributed by atoms with Crippen LogP contribution in [0.1, 0.15) is 12.5 Å². The number of aliphatic hydroxyl groups excluding tert-OH is 1. The third kappa shape index (κ3) is 3.51. The summed E-state index contributed by atoms with van der Waals surface area (Å²) in [5, 5.41) is 8.91. The fourth-order valence-electron chi connectivity index (χ4n) is 0.922. The molecule has 1 N–H and O–H groups in total. The maximum Gasteiger partial charge on any atom is 0.0745 e. The molecule has 2 heteroatoms. The molecule has 0 unspecified atom stereocenters. The Bertz CT molecular complexity index is 206. The monoisotopic (exact) mass is 166 g/mol.